The van der Waals surface area contributed by atoms with Crippen LogP contribution in [0.2, 0.25) is 18.1 Å². The number of methoxy groups -OCH3 is 1. The number of ether oxygens (including phenoxy) is 1. The molecule has 0 aliphatic rings. The molecule has 0 heterocycles. The highest BCUT2D eigenvalue weighted by Crippen LogP contribution is 2.40. The highest BCUT2D eigenvalue weighted by atomic mass is 35.5. The van der Waals surface area contributed by atoms with Gasteiger partial charge in [-0.2, -0.15) is 0 Å². The Kier molecular flexibility index (Phi) is 5.65. The van der Waals surface area contributed by atoms with E-state index in [-0.39, 0.29) is 5.04 Å². The largest absolute Gasteiger partial charge is 0.541 e. The second-order valence-corrected chi connectivity index (χ2v) is 11.5. The van der Waals surface area contributed by atoms with Gasteiger partial charge in [-0.3, -0.25) is 4.79 Å². The summed E-state index contributed by atoms with van der Waals surface area (Å²) in [7, 11) is -0.315. The Morgan fingerprint density at radius 3 is 2.33 bits per heavy atom. The van der Waals surface area contributed by atoms with Crippen molar-refractivity contribution in [2.24, 2.45) is 0 Å². The Labute approximate surface area is 133 Å². The van der Waals surface area contributed by atoms with Crippen molar-refractivity contribution in [3.05, 3.63) is 29.8 Å². The van der Waals surface area contributed by atoms with Crippen molar-refractivity contribution in [2.75, 3.05) is 7.11 Å². The lowest BCUT2D eigenvalue weighted by molar-refractivity contribution is -0.107. The SMILES string of the molecule is COc1cc(C=CC(=O)Cl)ccc1O[Si](C)(C)C(C)(C)C. The first-order valence-electron chi connectivity index (χ1n) is 6.81. The fourth-order valence-electron chi connectivity index (χ4n) is 1.46. The summed E-state index contributed by atoms with van der Waals surface area (Å²) < 4.78 is 11.7. The zero-order chi connectivity index (χ0) is 16.3. The van der Waals surface area contributed by atoms with Gasteiger partial charge < -0.3 is 9.16 Å². The van der Waals surface area contributed by atoms with Crippen molar-refractivity contribution in [1.29, 1.82) is 0 Å². The predicted octanol–water partition coefficient (Wildman–Crippen LogP) is 4.86. The number of halogens is 1. The van der Waals surface area contributed by atoms with E-state index in [0.717, 1.165) is 11.3 Å². The van der Waals surface area contributed by atoms with Crippen LogP contribution in [0.25, 0.3) is 6.08 Å². The zero-order valence-electron chi connectivity index (χ0n) is 13.5. The first-order chi connectivity index (χ1) is 9.56. The van der Waals surface area contributed by atoms with Gasteiger partial charge in [0.15, 0.2) is 5.75 Å². The third-order valence-electron chi connectivity index (χ3n) is 3.77. The van der Waals surface area contributed by atoms with Crippen molar-refractivity contribution < 1.29 is 14.0 Å². The third-order valence-corrected chi connectivity index (χ3v) is 8.23. The van der Waals surface area contributed by atoms with Crippen LogP contribution >= 0.6 is 11.6 Å². The number of hydrogen-bond acceptors (Lipinski definition) is 3. The van der Waals surface area contributed by atoms with Crippen molar-refractivity contribution in [1.82, 2.24) is 0 Å². The zero-order valence-corrected chi connectivity index (χ0v) is 15.2. The smallest absolute Gasteiger partial charge is 0.250 e. The maximum atomic E-state index is 10.8. The quantitative estimate of drug-likeness (QED) is 0.440. The van der Waals surface area contributed by atoms with Crippen LogP contribution in [0.15, 0.2) is 24.3 Å². The molecular formula is C16H23ClO3Si. The van der Waals surface area contributed by atoms with Crippen molar-refractivity contribution in [2.45, 2.75) is 38.9 Å². The Hall–Kier alpha value is -1.26. The van der Waals surface area contributed by atoms with Crippen LogP contribution in [0, 0.1) is 0 Å². The summed E-state index contributed by atoms with van der Waals surface area (Å²) >= 11 is 5.29. The molecule has 1 rings (SSSR count). The van der Waals surface area contributed by atoms with Gasteiger partial charge in [0.05, 0.1) is 7.11 Å². The third kappa shape index (κ3) is 4.90. The van der Waals surface area contributed by atoms with E-state index in [0.29, 0.717) is 5.75 Å². The summed E-state index contributed by atoms with van der Waals surface area (Å²) in [5.41, 5.74) is 0.837. The highest BCUT2D eigenvalue weighted by molar-refractivity contribution is 6.74. The first-order valence-corrected chi connectivity index (χ1v) is 10.1. The van der Waals surface area contributed by atoms with Crippen molar-refractivity contribution in [3.63, 3.8) is 0 Å². The summed E-state index contributed by atoms with van der Waals surface area (Å²) in [6.45, 7) is 10.9. The molecule has 0 spiro atoms. The minimum absolute atomic E-state index is 0.113. The summed E-state index contributed by atoms with van der Waals surface area (Å²) in [4.78, 5) is 10.8. The number of hydrogen-bond donors (Lipinski definition) is 0. The fraction of sp³-hybridized carbons (Fsp3) is 0.438. The lowest BCUT2D eigenvalue weighted by Crippen LogP contribution is -2.43. The van der Waals surface area contributed by atoms with Crippen LogP contribution in [0.3, 0.4) is 0 Å². The normalized spacial score (nSPS) is 12.5. The molecule has 0 saturated heterocycles. The summed E-state index contributed by atoms with van der Waals surface area (Å²) in [5, 5.41) is -0.391. The summed E-state index contributed by atoms with van der Waals surface area (Å²) in [6, 6.07) is 5.58. The van der Waals surface area contributed by atoms with Crippen molar-refractivity contribution >= 4 is 31.2 Å². The molecule has 1 aromatic carbocycles. The first kappa shape index (κ1) is 17.8. The predicted molar refractivity (Wildman–Crippen MR) is 90.7 cm³/mol. The van der Waals surface area contributed by atoms with Gasteiger partial charge in [0, 0.05) is 0 Å². The van der Waals surface area contributed by atoms with Crippen LogP contribution in [0.5, 0.6) is 11.5 Å². The van der Waals surface area contributed by atoms with E-state index < -0.39 is 13.6 Å². The van der Waals surface area contributed by atoms with Crippen molar-refractivity contribution in [3.8, 4) is 11.5 Å². The second kappa shape index (κ2) is 6.67. The van der Waals surface area contributed by atoms with Crippen LogP contribution in [-0.4, -0.2) is 20.7 Å². The molecule has 0 aliphatic heterocycles. The lowest BCUT2D eigenvalue weighted by Gasteiger charge is -2.36. The minimum atomic E-state index is -1.92. The van der Waals surface area contributed by atoms with Crippen LogP contribution in [0.4, 0.5) is 0 Å². The summed E-state index contributed by atoms with van der Waals surface area (Å²) in [6.07, 6.45) is 2.96. The van der Waals surface area contributed by atoms with E-state index in [2.05, 4.69) is 33.9 Å². The molecule has 0 radical (unpaired) electrons. The molecule has 0 bridgehead atoms. The number of rotatable bonds is 5. The standard InChI is InChI=1S/C16H23ClO3Si/c1-16(2,3)21(5,6)20-13-9-7-12(8-10-15(17)18)11-14(13)19-4/h7-11H,1-6H3. The molecule has 0 unspecified atom stereocenters. The van der Waals surface area contributed by atoms with Gasteiger partial charge >= 0.3 is 0 Å². The molecule has 0 fully saturated rings. The second-order valence-electron chi connectivity index (χ2n) is 6.41. The Bertz CT molecular complexity index is 545. The number of carbonyl (C=O) groups excluding carboxylic acids is 1. The van der Waals surface area contributed by atoms with Gasteiger partial charge in [-0.25, -0.2) is 0 Å². The van der Waals surface area contributed by atoms with E-state index in [1.54, 1.807) is 13.2 Å². The average Bonchev–Trinajstić information content (AvgIpc) is 2.35. The fourth-order valence-corrected chi connectivity index (χ4v) is 2.55. The Morgan fingerprint density at radius 1 is 1.24 bits per heavy atom. The van der Waals surface area contributed by atoms with E-state index in [1.807, 2.05) is 18.2 Å². The average molecular weight is 327 g/mol. The molecule has 116 valence electrons. The van der Waals surface area contributed by atoms with Crippen LogP contribution in [0.1, 0.15) is 26.3 Å². The van der Waals surface area contributed by atoms with E-state index in [4.69, 9.17) is 20.8 Å². The molecule has 0 aliphatic carbocycles. The van der Waals surface area contributed by atoms with Gasteiger partial charge in [-0.15, -0.1) is 0 Å². The van der Waals surface area contributed by atoms with Crippen LogP contribution in [-0.2, 0) is 4.79 Å². The highest BCUT2D eigenvalue weighted by Gasteiger charge is 2.39. The lowest BCUT2D eigenvalue weighted by atomic mass is 10.2. The maximum Gasteiger partial charge on any atom is 0.250 e. The minimum Gasteiger partial charge on any atom is -0.541 e. The Morgan fingerprint density at radius 2 is 1.86 bits per heavy atom. The van der Waals surface area contributed by atoms with E-state index in [1.165, 1.54) is 6.08 Å². The molecule has 0 saturated carbocycles. The van der Waals surface area contributed by atoms with E-state index >= 15 is 0 Å². The van der Waals surface area contributed by atoms with E-state index in [9.17, 15) is 4.79 Å². The molecule has 0 atom stereocenters. The maximum absolute atomic E-state index is 10.8. The number of allylic oxidation sites excluding steroid dienone is 1. The molecule has 3 nitrogen and oxygen atoms in total. The van der Waals surface area contributed by atoms with Gasteiger partial charge in [0.25, 0.3) is 8.32 Å². The molecule has 0 amide bonds. The molecule has 5 heteroatoms. The molecule has 1 aromatic rings. The number of carbonyl (C=O) groups is 1. The monoisotopic (exact) mass is 326 g/mol. The van der Waals surface area contributed by atoms with Gasteiger partial charge in [0.1, 0.15) is 5.75 Å². The Balaban J connectivity index is 3.07. The molecule has 0 N–H and O–H groups in total. The molecule has 21 heavy (non-hydrogen) atoms. The number of benzene rings is 1. The molecule has 0 aromatic heterocycles. The summed E-state index contributed by atoms with van der Waals surface area (Å²) in [5.74, 6) is 1.39. The van der Waals surface area contributed by atoms with Gasteiger partial charge in [-0.1, -0.05) is 32.9 Å². The van der Waals surface area contributed by atoms with Crippen LogP contribution < -0.4 is 9.16 Å². The molecular weight excluding hydrogens is 304 g/mol. The van der Waals surface area contributed by atoms with Gasteiger partial charge in [0.2, 0.25) is 5.24 Å². The topological polar surface area (TPSA) is 35.5 Å². The van der Waals surface area contributed by atoms with Gasteiger partial charge in [-0.05, 0) is 53.5 Å².